The summed E-state index contributed by atoms with van der Waals surface area (Å²) in [6, 6.07) is 17.9. The molecule has 2 aromatic carbocycles. The maximum Gasteiger partial charge on any atom is 0.333 e. The predicted octanol–water partition coefficient (Wildman–Crippen LogP) is 8.03. The van der Waals surface area contributed by atoms with Crippen molar-refractivity contribution in [3.8, 4) is 5.75 Å². The van der Waals surface area contributed by atoms with Gasteiger partial charge in [-0.2, -0.15) is 0 Å². The molecular formula is C35H44N2O4S. The quantitative estimate of drug-likeness (QED) is 0.0997. The topological polar surface area (TPSA) is 91.5 Å². The van der Waals surface area contributed by atoms with Crippen molar-refractivity contribution in [3.05, 3.63) is 99.0 Å². The number of ether oxygens (including phenoxy) is 2. The van der Waals surface area contributed by atoms with Gasteiger partial charge in [-0.05, 0) is 74.1 Å². The van der Waals surface area contributed by atoms with Gasteiger partial charge >= 0.3 is 5.97 Å². The van der Waals surface area contributed by atoms with Gasteiger partial charge in [-0.25, -0.2) is 9.78 Å². The van der Waals surface area contributed by atoms with Crippen molar-refractivity contribution in [2.75, 3.05) is 6.61 Å². The smallest absolute Gasteiger partial charge is 0.333 e. The lowest BCUT2D eigenvalue weighted by molar-refractivity contribution is -0.138. The summed E-state index contributed by atoms with van der Waals surface area (Å²) in [4.78, 5) is 26.5. The SMILES string of the molecule is CCOC(=O)/C(C)=C\C(C)=C\c1csc(C(N)Cc2ccc(OCc3ccccc3)cc2)n1.O=CCC1CCCCC1. The maximum absolute atomic E-state index is 11.8. The van der Waals surface area contributed by atoms with Gasteiger partial charge in [0.25, 0.3) is 0 Å². The molecule has 42 heavy (non-hydrogen) atoms. The summed E-state index contributed by atoms with van der Waals surface area (Å²) < 4.78 is 10.9. The van der Waals surface area contributed by atoms with E-state index in [2.05, 4.69) is 4.98 Å². The van der Waals surface area contributed by atoms with E-state index in [1.807, 2.05) is 73.0 Å². The van der Waals surface area contributed by atoms with E-state index < -0.39 is 0 Å². The molecule has 1 fully saturated rings. The second-order valence-electron chi connectivity index (χ2n) is 10.7. The molecule has 0 radical (unpaired) electrons. The van der Waals surface area contributed by atoms with E-state index in [0.717, 1.165) is 51.8 Å². The minimum absolute atomic E-state index is 0.189. The fraction of sp³-hybridized carbons (Fsp3) is 0.400. The molecule has 2 N–H and O–H groups in total. The molecule has 224 valence electrons. The molecule has 6 nitrogen and oxygen atoms in total. The minimum Gasteiger partial charge on any atom is -0.489 e. The highest BCUT2D eigenvalue weighted by atomic mass is 32.1. The number of carbonyl (C=O) groups is 2. The number of allylic oxidation sites excluding steroid dienone is 2. The molecule has 0 spiro atoms. The number of thiazole rings is 1. The van der Waals surface area contributed by atoms with Crippen LogP contribution in [0, 0.1) is 5.92 Å². The minimum atomic E-state index is -0.303. The van der Waals surface area contributed by atoms with Gasteiger partial charge in [0, 0.05) is 17.4 Å². The van der Waals surface area contributed by atoms with Crippen LogP contribution in [0.1, 0.15) is 87.2 Å². The number of rotatable bonds is 12. The van der Waals surface area contributed by atoms with E-state index >= 15 is 0 Å². The van der Waals surface area contributed by atoms with E-state index in [9.17, 15) is 9.59 Å². The molecule has 1 unspecified atom stereocenters. The summed E-state index contributed by atoms with van der Waals surface area (Å²) in [6.07, 6.45) is 13.0. The highest BCUT2D eigenvalue weighted by molar-refractivity contribution is 7.09. The largest absolute Gasteiger partial charge is 0.489 e. The number of nitrogens with two attached hydrogens (primary N) is 1. The van der Waals surface area contributed by atoms with E-state index in [1.54, 1.807) is 31.3 Å². The van der Waals surface area contributed by atoms with Crippen LogP contribution in [0.25, 0.3) is 6.08 Å². The zero-order chi connectivity index (χ0) is 30.2. The van der Waals surface area contributed by atoms with Crippen LogP contribution in [0.3, 0.4) is 0 Å². The van der Waals surface area contributed by atoms with Crippen molar-refractivity contribution in [1.29, 1.82) is 0 Å². The van der Waals surface area contributed by atoms with E-state index in [1.165, 1.54) is 32.1 Å². The molecule has 7 heteroatoms. The molecule has 0 bridgehead atoms. The van der Waals surface area contributed by atoms with Crippen LogP contribution < -0.4 is 10.5 Å². The Balaban J connectivity index is 0.000000458. The van der Waals surface area contributed by atoms with Gasteiger partial charge in [-0.15, -0.1) is 11.3 Å². The van der Waals surface area contributed by atoms with Gasteiger partial charge in [0.1, 0.15) is 23.7 Å². The molecule has 1 aliphatic rings. The Kier molecular flexibility index (Phi) is 14.2. The molecule has 1 saturated carbocycles. The Morgan fingerprint density at radius 2 is 1.76 bits per heavy atom. The van der Waals surface area contributed by atoms with Crippen LogP contribution in [-0.4, -0.2) is 23.8 Å². The number of carbonyl (C=O) groups excluding carboxylic acids is 2. The van der Waals surface area contributed by atoms with Crippen molar-refractivity contribution in [2.45, 2.75) is 78.4 Å². The third-order valence-electron chi connectivity index (χ3n) is 7.06. The maximum atomic E-state index is 11.8. The fourth-order valence-corrected chi connectivity index (χ4v) is 5.60. The molecule has 1 aromatic heterocycles. The van der Waals surface area contributed by atoms with Crippen molar-refractivity contribution in [1.82, 2.24) is 4.98 Å². The number of benzene rings is 2. The number of hydrogen-bond acceptors (Lipinski definition) is 7. The van der Waals surface area contributed by atoms with Crippen LogP contribution >= 0.6 is 11.3 Å². The first-order chi connectivity index (χ1) is 20.4. The van der Waals surface area contributed by atoms with Gasteiger partial charge in [0.05, 0.1) is 18.3 Å². The molecule has 1 atom stereocenters. The second kappa shape index (κ2) is 18.1. The van der Waals surface area contributed by atoms with Crippen molar-refractivity contribution in [2.24, 2.45) is 11.7 Å². The highest BCUT2D eigenvalue weighted by Crippen LogP contribution is 2.25. The molecule has 0 amide bonds. The number of esters is 1. The van der Waals surface area contributed by atoms with Crippen molar-refractivity contribution >= 4 is 29.7 Å². The van der Waals surface area contributed by atoms with Gasteiger partial charge in [0.2, 0.25) is 0 Å². The number of aromatic nitrogens is 1. The average molecular weight is 589 g/mol. The summed E-state index contributed by atoms with van der Waals surface area (Å²) in [7, 11) is 0. The van der Waals surface area contributed by atoms with Crippen molar-refractivity contribution in [3.63, 3.8) is 0 Å². The summed E-state index contributed by atoms with van der Waals surface area (Å²) in [6.45, 7) is 6.38. The summed E-state index contributed by atoms with van der Waals surface area (Å²) in [5.41, 5.74) is 11.0. The first-order valence-electron chi connectivity index (χ1n) is 14.8. The number of hydrogen-bond donors (Lipinski definition) is 1. The van der Waals surface area contributed by atoms with Crippen LogP contribution in [0.2, 0.25) is 0 Å². The monoisotopic (exact) mass is 588 g/mol. The molecule has 3 aromatic rings. The lowest BCUT2D eigenvalue weighted by Gasteiger charge is -2.18. The summed E-state index contributed by atoms with van der Waals surface area (Å²) >= 11 is 1.54. The van der Waals surface area contributed by atoms with Crippen LogP contribution in [-0.2, 0) is 27.4 Å². The summed E-state index contributed by atoms with van der Waals surface area (Å²) in [5.74, 6) is 1.26. The van der Waals surface area contributed by atoms with E-state index in [0.29, 0.717) is 25.2 Å². The summed E-state index contributed by atoms with van der Waals surface area (Å²) in [5, 5.41) is 2.86. The first kappa shape index (κ1) is 33.0. The zero-order valence-electron chi connectivity index (χ0n) is 25.1. The van der Waals surface area contributed by atoms with Crippen LogP contribution in [0.4, 0.5) is 0 Å². The average Bonchev–Trinajstić information content (AvgIpc) is 3.47. The van der Waals surface area contributed by atoms with Crippen LogP contribution in [0.15, 0.2) is 77.2 Å². The lowest BCUT2D eigenvalue weighted by Crippen LogP contribution is -2.13. The lowest BCUT2D eigenvalue weighted by atomic mass is 9.87. The molecule has 4 rings (SSSR count). The Bertz CT molecular complexity index is 1290. The fourth-order valence-electron chi connectivity index (χ4n) is 4.82. The van der Waals surface area contributed by atoms with E-state index in [4.69, 9.17) is 15.2 Å². The van der Waals surface area contributed by atoms with E-state index in [-0.39, 0.29) is 12.0 Å². The number of aldehydes is 1. The number of nitrogens with zero attached hydrogens (tertiary/aromatic N) is 1. The third-order valence-corrected chi connectivity index (χ3v) is 8.05. The second-order valence-corrected chi connectivity index (χ2v) is 11.6. The Hall–Kier alpha value is -3.55. The normalized spacial score (nSPS) is 14.9. The van der Waals surface area contributed by atoms with Crippen molar-refractivity contribution < 1.29 is 19.1 Å². The van der Waals surface area contributed by atoms with Gasteiger partial charge in [-0.3, -0.25) is 0 Å². The Morgan fingerprint density at radius 3 is 2.43 bits per heavy atom. The Labute approximate surface area is 254 Å². The molecule has 0 saturated heterocycles. The predicted molar refractivity (Wildman–Crippen MR) is 171 cm³/mol. The molecule has 1 aliphatic carbocycles. The van der Waals surface area contributed by atoms with Gasteiger partial charge in [-0.1, -0.05) is 74.6 Å². The third kappa shape index (κ3) is 11.7. The van der Waals surface area contributed by atoms with Crippen LogP contribution in [0.5, 0.6) is 5.75 Å². The van der Waals surface area contributed by atoms with Gasteiger partial charge < -0.3 is 20.0 Å². The first-order valence-corrected chi connectivity index (χ1v) is 15.7. The van der Waals surface area contributed by atoms with Gasteiger partial charge in [0.15, 0.2) is 0 Å². The zero-order valence-corrected chi connectivity index (χ0v) is 25.9. The Morgan fingerprint density at radius 1 is 1.05 bits per heavy atom. The molecular weight excluding hydrogens is 544 g/mol. The highest BCUT2D eigenvalue weighted by Gasteiger charge is 2.13. The standard InChI is InChI=1S/C27H30N2O3S.C8H14O/c1-4-31-27(30)20(3)14-19(2)15-23-18-33-26(29-23)25(28)16-21-10-12-24(13-11-21)32-17-22-8-6-5-7-9-22;9-7-6-8-4-2-1-3-5-8/h5-15,18,25H,4,16-17,28H2,1-3H3;7-8H,1-6H2/b19-15+,20-14-;. The molecule has 1 heterocycles. The molecule has 0 aliphatic heterocycles.